The van der Waals surface area contributed by atoms with Crippen LogP contribution in [0, 0.1) is 11.8 Å². The van der Waals surface area contributed by atoms with Gasteiger partial charge in [0.1, 0.15) is 0 Å². The molecule has 8 nitrogen and oxygen atoms in total. The molecule has 0 aliphatic carbocycles. The summed E-state index contributed by atoms with van der Waals surface area (Å²) in [5, 5.41) is 0. The van der Waals surface area contributed by atoms with E-state index < -0.39 is 0 Å². The Morgan fingerprint density at radius 1 is 0.310 bits per heavy atom. The highest BCUT2D eigenvalue weighted by atomic mass is 16.5. The third-order valence-corrected chi connectivity index (χ3v) is 11.1. The maximum atomic E-state index is 11.9. The summed E-state index contributed by atoms with van der Waals surface area (Å²) in [6, 6.07) is 0. The lowest BCUT2D eigenvalue weighted by molar-refractivity contribution is -0.146. The molecule has 0 heterocycles. The summed E-state index contributed by atoms with van der Waals surface area (Å²) >= 11 is 0. The summed E-state index contributed by atoms with van der Waals surface area (Å²) in [4.78, 5) is 47.0. The lowest BCUT2D eigenvalue weighted by Gasteiger charge is -2.14. The van der Waals surface area contributed by atoms with Gasteiger partial charge in [-0.15, -0.1) is 0 Å². The van der Waals surface area contributed by atoms with Crippen LogP contribution < -0.4 is 0 Å². The molecular weight excluding hydrogens is 729 g/mol. The lowest BCUT2D eigenvalue weighted by Crippen LogP contribution is -2.13. The Hall–Kier alpha value is -2.12. The van der Waals surface area contributed by atoms with Crippen LogP contribution in [-0.2, 0) is 38.1 Å². The van der Waals surface area contributed by atoms with Crippen molar-refractivity contribution in [2.45, 2.75) is 260 Å². The summed E-state index contributed by atoms with van der Waals surface area (Å²) in [5.74, 6) is 0.674. The average Bonchev–Trinajstić information content (AvgIpc) is 3.22. The van der Waals surface area contributed by atoms with Crippen molar-refractivity contribution < 1.29 is 38.1 Å². The second-order valence-electron chi connectivity index (χ2n) is 16.7. The molecule has 0 fully saturated rings. The van der Waals surface area contributed by atoms with E-state index in [2.05, 4.69) is 41.5 Å². The fraction of sp³-hybridized carbons (Fsp3) is 0.920. The number of carbonyl (C=O) groups excluding carboxylic acids is 4. The van der Waals surface area contributed by atoms with Crippen molar-refractivity contribution in [1.29, 1.82) is 0 Å². The van der Waals surface area contributed by atoms with Crippen LogP contribution in [-0.4, -0.2) is 50.3 Å². The van der Waals surface area contributed by atoms with Gasteiger partial charge in [-0.1, -0.05) is 183 Å². The minimum absolute atomic E-state index is 0.0444. The van der Waals surface area contributed by atoms with Crippen LogP contribution in [0.3, 0.4) is 0 Å². The molecule has 0 bridgehead atoms. The van der Waals surface area contributed by atoms with Gasteiger partial charge in [0.2, 0.25) is 0 Å². The van der Waals surface area contributed by atoms with Gasteiger partial charge in [-0.25, -0.2) is 0 Å². The first-order valence-corrected chi connectivity index (χ1v) is 24.9. The number of carbonyl (C=O) groups is 4. The molecule has 0 spiro atoms. The minimum Gasteiger partial charge on any atom is -0.466 e. The van der Waals surface area contributed by atoms with Crippen LogP contribution in [0.2, 0.25) is 0 Å². The Morgan fingerprint density at radius 3 is 0.879 bits per heavy atom. The van der Waals surface area contributed by atoms with E-state index in [-0.39, 0.29) is 23.9 Å². The first-order chi connectivity index (χ1) is 28.3. The van der Waals surface area contributed by atoms with Crippen molar-refractivity contribution in [3.63, 3.8) is 0 Å². The SMILES string of the molecule is CCCCC(CC)COC(=O)CCCCCCCCC(=O)OCC(CC)CCCC.CCCCCCCCCOC(=O)CCCCC(=O)OCCCCCCCCC. The van der Waals surface area contributed by atoms with Crippen molar-refractivity contribution in [3.05, 3.63) is 0 Å². The van der Waals surface area contributed by atoms with Crippen LogP contribution in [0.15, 0.2) is 0 Å². The van der Waals surface area contributed by atoms with Crippen LogP contribution in [0.25, 0.3) is 0 Å². The predicted molar refractivity (Wildman–Crippen MR) is 242 cm³/mol. The molecule has 2 atom stereocenters. The van der Waals surface area contributed by atoms with E-state index in [9.17, 15) is 19.2 Å². The Bertz CT molecular complexity index is 834. The zero-order chi connectivity index (χ0) is 43.2. The van der Waals surface area contributed by atoms with Gasteiger partial charge < -0.3 is 18.9 Å². The van der Waals surface area contributed by atoms with Crippen molar-refractivity contribution in [2.75, 3.05) is 26.4 Å². The average molecular weight is 825 g/mol. The van der Waals surface area contributed by atoms with Gasteiger partial charge in [0, 0.05) is 25.7 Å². The molecule has 0 aliphatic heterocycles. The molecule has 0 N–H and O–H groups in total. The van der Waals surface area contributed by atoms with E-state index in [1.54, 1.807) is 0 Å². The van der Waals surface area contributed by atoms with Gasteiger partial charge >= 0.3 is 23.9 Å². The standard InChI is InChI=1S/C26H50O4.C24H46O4/c1-5-9-17-23(7-3)21-29-25(27)19-15-13-11-12-14-16-20-26(28)30-22-24(8-4)18-10-6-2;1-3-5-7-9-11-13-17-21-27-23(25)19-15-16-20-24(26)28-22-18-14-12-10-8-6-4-2/h23-24H,5-22H2,1-4H3;3-22H2,1-2H3. The third kappa shape index (κ3) is 45.0. The number of ether oxygens (including phenoxy) is 4. The predicted octanol–water partition coefficient (Wildman–Crippen LogP) is 14.8. The maximum Gasteiger partial charge on any atom is 0.305 e. The molecule has 58 heavy (non-hydrogen) atoms. The molecule has 0 aromatic heterocycles. The highest BCUT2D eigenvalue weighted by Crippen LogP contribution is 2.16. The largest absolute Gasteiger partial charge is 0.466 e. The summed E-state index contributed by atoms with van der Waals surface area (Å²) in [6.45, 7) is 15.4. The van der Waals surface area contributed by atoms with Crippen LogP contribution in [0.5, 0.6) is 0 Å². The van der Waals surface area contributed by atoms with Gasteiger partial charge in [0.05, 0.1) is 26.4 Å². The smallest absolute Gasteiger partial charge is 0.305 e. The van der Waals surface area contributed by atoms with E-state index in [1.165, 1.54) is 89.9 Å². The summed E-state index contributed by atoms with van der Waals surface area (Å²) in [6.07, 6.45) is 35.8. The third-order valence-electron chi connectivity index (χ3n) is 11.1. The van der Waals surface area contributed by atoms with Crippen molar-refractivity contribution in [3.8, 4) is 0 Å². The van der Waals surface area contributed by atoms with Crippen molar-refractivity contribution in [2.24, 2.45) is 11.8 Å². The molecule has 0 amide bonds. The van der Waals surface area contributed by atoms with Gasteiger partial charge in [0.25, 0.3) is 0 Å². The number of unbranched alkanes of at least 4 members (excludes halogenated alkanes) is 20. The number of esters is 4. The quantitative estimate of drug-likeness (QED) is 0.0340. The molecule has 0 saturated heterocycles. The zero-order valence-corrected chi connectivity index (χ0v) is 39.3. The highest BCUT2D eigenvalue weighted by Gasteiger charge is 2.12. The Labute approximate surface area is 359 Å². The molecule has 8 heteroatoms. The highest BCUT2D eigenvalue weighted by molar-refractivity contribution is 5.70. The fourth-order valence-electron chi connectivity index (χ4n) is 6.78. The normalized spacial score (nSPS) is 12.0. The zero-order valence-electron chi connectivity index (χ0n) is 39.3. The Morgan fingerprint density at radius 2 is 0.569 bits per heavy atom. The second-order valence-corrected chi connectivity index (χ2v) is 16.7. The molecular formula is C50H96O8. The van der Waals surface area contributed by atoms with Crippen LogP contribution >= 0.6 is 0 Å². The first kappa shape index (κ1) is 58.0. The topological polar surface area (TPSA) is 105 Å². The molecule has 0 radical (unpaired) electrons. The molecule has 0 aromatic rings. The van der Waals surface area contributed by atoms with E-state index in [1.807, 2.05) is 0 Å². The molecule has 0 rings (SSSR count). The van der Waals surface area contributed by atoms with Gasteiger partial charge in [0.15, 0.2) is 0 Å². The molecule has 0 saturated carbocycles. The lowest BCUT2D eigenvalue weighted by atomic mass is 10.0. The Balaban J connectivity index is 0. The van der Waals surface area contributed by atoms with Crippen LogP contribution in [0.1, 0.15) is 260 Å². The van der Waals surface area contributed by atoms with Crippen LogP contribution in [0.4, 0.5) is 0 Å². The first-order valence-electron chi connectivity index (χ1n) is 24.9. The molecule has 2 unspecified atom stereocenters. The summed E-state index contributed by atoms with van der Waals surface area (Å²) in [5.41, 5.74) is 0. The number of rotatable bonds is 42. The van der Waals surface area contributed by atoms with E-state index in [0.717, 1.165) is 89.9 Å². The number of hydrogen-bond acceptors (Lipinski definition) is 8. The van der Waals surface area contributed by atoms with Crippen molar-refractivity contribution >= 4 is 23.9 Å². The van der Waals surface area contributed by atoms with Gasteiger partial charge in [-0.2, -0.15) is 0 Å². The van der Waals surface area contributed by atoms with Gasteiger partial charge in [-0.3, -0.25) is 19.2 Å². The van der Waals surface area contributed by atoms with Crippen molar-refractivity contribution in [1.82, 2.24) is 0 Å². The van der Waals surface area contributed by atoms with E-state index in [0.29, 0.717) is 76.8 Å². The maximum absolute atomic E-state index is 11.9. The summed E-state index contributed by atoms with van der Waals surface area (Å²) < 4.78 is 21.4. The van der Waals surface area contributed by atoms with E-state index in [4.69, 9.17) is 18.9 Å². The summed E-state index contributed by atoms with van der Waals surface area (Å²) in [7, 11) is 0. The Kier molecular flexibility index (Phi) is 47.5. The molecule has 0 aromatic carbocycles. The minimum atomic E-state index is -0.137. The molecule has 0 aliphatic rings. The second kappa shape index (κ2) is 47.6. The van der Waals surface area contributed by atoms with E-state index >= 15 is 0 Å². The number of hydrogen-bond donors (Lipinski definition) is 0. The fourth-order valence-corrected chi connectivity index (χ4v) is 6.78. The molecule has 344 valence electrons. The monoisotopic (exact) mass is 825 g/mol. The van der Waals surface area contributed by atoms with Gasteiger partial charge in [-0.05, 0) is 63.2 Å².